The van der Waals surface area contributed by atoms with Crippen molar-refractivity contribution >= 4 is 11.9 Å². The lowest BCUT2D eigenvalue weighted by Crippen LogP contribution is -2.37. The number of aliphatic hydroxyl groups is 3. The first-order valence-electron chi connectivity index (χ1n) is 5.52. The zero-order valence-corrected chi connectivity index (χ0v) is 9.95. The van der Waals surface area contributed by atoms with Crippen molar-refractivity contribution in [3.8, 4) is 0 Å². The maximum absolute atomic E-state index is 11.7. The minimum Gasteiger partial charge on any atom is -0.465 e. The highest BCUT2D eigenvalue weighted by molar-refractivity contribution is 5.80. The van der Waals surface area contributed by atoms with Crippen LogP contribution >= 0.6 is 0 Å². The molecule has 1 aliphatic heterocycles. The molecule has 1 amide bonds. The van der Waals surface area contributed by atoms with Crippen molar-refractivity contribution in [1.82, 2.24) is 14.8 Å². The SMILES string of the molecule is O=C(O)Nc1cnn([C@@H]2O[C@H](CO)[C@@H](O)[C@H]2O)c(=O)n1. The molecular formula is C9H12N4O7. The molecule has 0 radical (unpaired) electrons. The lowest BCUT2D eigenvalue weighted by atomic mass is 10.1. The Bertz CT molecular complexity index is 561. The third-order valence-electron chi connectivity index (χ3n) is 2.71. The quantitative estimate of drug-likeness (QED) is 0.398. The normalized spacial score (nSPS) is 29.4. The van der Waals surface area contributed by atoms with Crippen molar-refractivity contribution in [2.24, 2.45) is 0 Å². The lowest BCUT2D eigenvalue weighted by molar-refractivity contribution is -0.0616. The van der Waals surface area contributed by atoms with Crippen LogP contribution in [0.25, 0.3) is 0 Å². The molecule has 5 N–H and O–H groups in total. The molecule has 11 heteroatoms. The molecule has 0 unspecified atom stereocenters. The van der Waals surface area contributed by atoms with Crippen LogP contribution in [-0.4, -0.2) is 66.2 Å². The van der Waals surface area contributed by atoms with Crippen LogP contribution in [0.1, 0.15) is 6.23 Å². The second kappa shape index (κ2) is 5.50. The van der Waals surface area contributed by atoms with Crippen molar-refractivity contribution in [3.63, 3.8) is 0 Å². The molecule has 1 aromatic heterocycles. The van der Waals surface area contributed by atoms with Gasteiger partial charge in [-0.2, -0.15) is 14.8 Å². The van der Waals surface area contributed by atoms with Gasteiger partial charge in [0.2, 0.25) is 0 Å². The minimum absolute atomic E-state index is 0.287. The molecule has 1 aromatic rings. The van der Waals surface area contributed by atoms with E-state index in [-0.39, 0.29) is 5.82 Å². The monoisotopic (exact) mass is 288 g/mol. The number of carboxylic acid groups (broad SMARTS) is 1. The Hall–Kier alpha value is -2.08. The molecule has 20 heavy (non-hydrogen) atoms. The van der Waals surface area contributed by atoms with Crippen LogP contribution < -0.4 is 11.0 Å². The van der Waals surface area contributed by atoms with E-state index >= 15 is 0 Å². The Labute approximate surface area is 111 Å². The van der Waals surface area contributed by atoms with Gasteiger partial charge >= 0.3 is 11.8 Å². The van der Waals surface area contributed by atoms with Crippen molar-refractivity contribution in [3.05, 3.63) is 16.7 Å². The zero-order valence-electron chi connectivity index (χ0n) is 9.95. The number of carbonyl (C=O) groups is 1. The molecular weight excluding hydrogens is 276 g/mol. The fourth-order valence-corrected chi connectivity index (χ4v) is 1.78. The van der Waals surface area contributed by atoms with E-state index in [0.717, 1.165) is 6.20 Å². The van der Waals surface area contributed by atoms with E-state index in [0.29, 0.717) is 4.68 Å². The number of aromatic nitrogens is 3. The minimum atomic E-state index is -1.47. The Morgan fingerprint density at radius 2 is 2.15 bits per heavy atom. The van der Waals surface area contributed by atoms with Gasteiger partial charge in [-0.25, -0.2) is 9.59 Å². The summed E-state index contributed by atoms with van der Waals surface area (Å²) >= 11 is 0. The Balaban J connectivity index is 2.26. The van der Waals surface area contributed by atoms with Crippen molar-refractivity contribution in [1.29, 1.82) is 0 Å². The van der Waals surface area contributed by atoms with Crippen LogP contribution in [0.2, 0.25) is 0 Å². The summed E-state index contributed by atoms with van der Waals surface area (Å²) in [4.78, 5) is 25.4. The van der Waals surface area contributed by atoms with E-state index in [4.69, 9.17) is 14.9 Å². The predicted molar refractivity (Wildman–Crippen MR) is 60.9 cm³/mol. The number of hydrogen-bond donors (Lipinski definition) is 5. The lowest BCUT2D eigenvalue weighted by Gasteiger charge is -2.15. The van der Waals surface area contributed by atoms with Crippen LogP contribution in [0.5, 0.6) is 0 Å². The van der Waals surface area contributed by atoms with Gasteiger partial charge in [0.15, 0.2) is 12.0 Å². The zero-order chi connectivity index (χ0) is 14.9. The molecule has 2 heterocycles. The molecule has 1 saturated heterocycles. The highest BCUT2D eigenvalue weighted by Gasteiger charge is 2.44. The molecule has 0 aromatic carbocycles. The van der Waals surface area contributed by atoms with Gasteiger partial charge in [-0.1, -0.05) is 0 Å². The van der Waals surface area contributed by atoms with Gasteiger partial charge in [0.1, 0.15) is 18.3 Å². The predicted octanol–water partition coefficient (Wildman–Crippen LogP) is -2.66. The molecule has 1 fully saturated rings. The summed E-state index contributed by atoms with van der Waals surface area (Å²) in [6.07, 6.45) is -5.69. The summed E-state index contributed by atoms with van der Waals surface area (Å²) in [7, 11) is 0. The topological polar surface area (TPSA) is 167 Å². The molecule has 110 valence electrons. The van der Waals surface area contributed by atoms with E-state index in [1.807, 2.05) is 5.32 Å². The summed E-state index contributed by atoms with van der Waals surface area (Å²) in [6.45, 7) is -0.546. The molecule has 0 spiro atoms. The average molecular weight is 288 g/mol. The standard InChI is InChI=1S/C9H12N4O7/c14-2-3-5(15)6(16)7(20-3)13-8(17)11-4(1-10-13)12-9(18)19/h1,3,5-7,14-16H,2H2,(H,18,19)(H,11,12,17)/t3-,5-,6-,7-/m1/s1. The fourth-order valence-electron chi connectivity index (χ4n) is 1.78. The number of aliphatic hydroxyl groups excluding tert-OH is 3. The van der Waals surface area contributed by atoms with Crippen molar-refractivity contribution < 1.29 is 30.0 Å². The van der Waals surface area contributed by atoms with Gasteiger partial charge < -0.3 is 25.2 Å². The molecule has 11 nitrogen and oxygen atoms in total. The molecule has 0 saturated carbocycles. The molecule has 1 aliphatic rings. The van der Waals surface area contributed by atoms with Crippen LogP contribution in [0, 0.1) is 0 Å². The number of hydrogen-bond acceptors (Lipinski definition) is 8. The first-order valence-corrected chi connectivity index (χ1v) is 5.52. The smallest absolute Gasteiger partial charge is 0.410 e. The average Bonchev–Trinajstić information content (AvgIpc) is 2.66. The maximum Gasteiger partial charge on any atom is 0.410 e. The number of nitrogens with zero attached hydrogens (tertiary/aromatic N) is 3. The summed E-state index contributed by atoms with van der Waals surface area (Å²) in [5.41, 5.74) is -0.980. The molecule has 0 bridgehead atoms. The van der Waals surface area contributed by atoms with Gasteiger partial charge in [0.05, 0.1) is 12.8 Å². The second-order valence-corrected chi connectivity index (χ2v) is 4.03. The summed E-state index contributed by atoms with van der Waals surface area (Å²) in [5, 5.41) is 42.1. The van der Waals surface area contributed by atoms with E-state index in [1.165, 1.54) is 0 Å². The largest absolute Gasteiger partial charge is 0.465 e. The number of anilines is 1. The van der Waals surface area contributed by atoms with Crippen LogP contribution in [0.15, 0.2) is 11.0 Å². The van der Waals surface area contributed by atoms with E-state index < -0.39 is 42.9 Å². The van der Waals surface area contributed by atoms with E-state index in [1.54, 1.807) is 0 Å². The van der Waals surface area contributed by atoms with Gasteiger partial charge in [-0.15, -0.1) is 0 Å². The number of amides is 1. The van der Waals surface area contributed by atoms with Gasteiger partial charge in [0.25, 0.3) is 0 Å². The highest BCUT2D eigenvalue weighted by atomic mass is 16.6. The molecule has 4 atom stereocenters. The Morgan fingerprint density at radius 3 is 2.65 bits per heavy atom. The maximum atomic E-state index is 11.7. The Morgan fingerprint density at radius 1 is 1.45 bits per heavy atom. The summed E-state index contributed by atoms with van der Waals surface area (Å²) in [5.74, 6) is -0.287. The van der Waals surface area contributed by atoms with Crippen LogP contribution in [0.3, 0.4) is 0 Å². The number of rotatable bonds is 3. The first-order chi connectivity index (χ1) is 9.43. The first kappa shape index (κ1) is 14.3. The highest BCUT2D eigenvalue weighted by Crippen LogP contribution is 2.27. The van der Waals surface area contributed by atoms with E-state index in [2.05, 4.69) is 10.1 Å². The second-order valence-electron chi connectivity index (χ2n) is 4.03. The Kier molecular flexibility index (Phi) is 3.94. The van der Waals surface area contributed by atoms with Crippen LogP contribution in [-0.2, 0) is 4.74 Å². The summed E-state index contributed by atoms with van der Waals surface area (Å²) < 4.78 is 5.75. The number of ether oxygens (including phenoxy) is 1. The summed E-state index contributed by atoms with van der Waals surface area (Å²) in [6, 6.07) is 0. The van der Waals surface area contributed by atoms with E-state index in [9.17, 15) is 19.8 Å². The molecule has 2 rings (SSSR count). The van der Waals surface area contributed by atoms with Gasteiger partial charge in [-0.3, -0.25) is 5.32 Å². The van der Waals surface area contributed by atoms with Gasteiger partial charge in [-0.05, 0) is 0 Å². The molecule has 0 aliphatic carbocycles. The third-order valence-corrected chi connectivity index (χ3v) is 2.71. The van der Waals surface area contributed by atoms with Crippen LogP contribution in [0.4, 0.5) is 10.6 Å². The fraction of sp³-hybridized carbons (Fsp3) is 0.556. The van der Waals surface area contributed by atoms with Gasteiger partial charge in [0, 0.05) is 0 Å². The third kappa shape index (κ3) is 2.60. The number of nitrogens with one attached hydrogen (secondary N) is 1. The van der Waals surface area contributed by atoms with Crippen molar-refractivity contribution in [2.75, 3.05) is 11.9 Å². The van der Waals surface area contributed by atoms with Crippen molar-refractivity contribution in [2.45, 2.75) is 24.5 Å².